The number of hydrogen-bond donors (Lipinski definition) is 0. The number of ether oxygens (including phenoxy) is 1. The van der Waals surface area contributed by atoms with Crippen molar-refractivity contribution in [3.63, 3.8) is 0 Å². The molecule has 0 aliphatic carbocycles. The minimum absolute atomic E-state index is 0.0418. The number of benzene rings is 2. The van der Waals surface area contributed by atoms with Gasteiger partial charge in [-0.25, -0.2) is 4.98 Å². The number of thiazole rings is 1. The highest BCUT2D eigenvalue weighted by Crippen LogP contribution is 2.31. The van der Waals surface area contributed by atoms with Gasteiger partial charge in [0.05, 0.1) is 23.7 Å². The average molecular weight is 448 g/mol. The van der Waals surface area contributed by atoms with E-state index in [4.69, 9.17) is 4.74 Å². The van der Waals surface area contributed by atoms with E-state index in [2.05, 4.69) is 25.8 Å². The number of fused-ring (bicyclic) bond motifs is 1. The van der Waals surface area contributed by atoms with Crippen LogP contribution in [-0.4, -0.2) is 50.1 Å². The number of likely N-dealkylation sites (N-methyl/N-ethyl adjacent to an activating group) is 1. The standard InChI is InChI=1S/C20H22BrN3O2S/c1-23(2)10-11-24(19(25)12-14-4-7-16(26-3)8-5-14)20-22-17-9-6-15(21)13-18(17)27-20/h4-9,13H,10-12H2,1-3H3. The Bertz CT molecular complexity index is 925. The molecule has 27 heavy (non-hydrogen) atoms. The number of rotatable bonds is 7. The molecule has 7 heteroatoms. The number of halogens is 1. The summed E-state index contributed by atoms with van der Waals surface area (Å²) < 4.78 is 7.26. The van der Waals surface area contributed by atoms with Crippen LogP contribution in [0.25, 0.3) is 10.2 Å². The van der Waals surface area contributed by atoms with Crippen LogP contribution in [-0.2, 0) is 11.2 Å². The maximum Gasteiger partial charge on any atom is 0.233 e. The molecule has 0 atom stereocenters. The molecule has 5 nitrogen and oxygen atoms in total. The summed E-state index contributed by atoms with van der Waals surface area (Å²) in [6.07, 6.45) is 0.330. The first-order valence-corrected chi connectivity index (χ1v) is 10.2. The first-order chi connectivity index (χ1) is 13.0. The molecule has 2 aromatic carbocycles. The molecule has 0 radical (unpaired) electrons. The van der Waals surface area contributed by atoms with E-state index in [1.165, 1.54) is 0 Å². The Morgan fingerprint density at radius 2 is 1.89 bits per heavy atom. The fraction of sp³-hybridized carbons (Fsp3) is 0.300. The van der Waals surface area contributed by atoms with Crippen LogP contribution in [0.5, 0.6) is 5.75 Å². The van der Waals surface area contributed by atoms with Gasteiger partial charge in [-0.1, -0.05) is 39.4 Å². The van der Waals surface area contributed by atoms with Crippen molar-refractivity contribution < 1.29 is 9.53 Å². The van der Waals surface area contributed by atoms with E-state index in [1.54, 1.807) is 23.3 Å². The molecule has 3 rings (SSSR count). The van der Waals surface area contributed by atoms with Gasteiger partial charge < -0.3 is 9.64 Å². The van der Waals surface area contributed by atoms with Gasteiger partial charge >= 0.3 is 0 Å². The molecule has 3 aromatic rings. The number of nitrogens with zero attached hydrogens (tertiary/aromatic N) is 3. The molecule has 0 bridgehead atoms. The van der Waals surface area contributed by atoms with Crippen LogP contribution >= 0.6 is 27.3 Å². The Morgan fingerprint density at radius 1 is 1.15 bits per heavy atom. The minimum atomic E-state index is 0.0418. The Kier molecular flexibility index (Phi) is 6.46. The van der Waals surface area contributed by atoms with Crippen LogP contribution < -0.4 is 9.64 Å². The van der Waals surface area contributed by atoms with Gasteiger partial charge in [-0.3, -0.25) is 9.69 Å². The van der Waals surface area contributed by atoms with Crippen molar-refractivity contribution in [3.05, 3.63) is 52.5 Å². The van der Waals surface area contributed by atoms with Gasteiger partial charge in [-0.05, 0) is 50.0 Å². The third kappa shape index (κ3) is 5.06. The molecule has 1 heterocycles. The zero-order chi connectivity index (χ0) is 19.4. The first-order valence-electron chi connectivity index (χ1n) is 8.60. The Labute approximate surface area is 171 Å². The molecular formula is C20H22BrN3O2S. The fourth-order valence-electron chi connectivity index (χ4n) is 2.64. The lowest BCUT2D eigenvalue weighted by atomic mass is 10.1. The SMILES string of the molecule is COc1ccc(CC(=O)N(CCN(C)C)c2nc3ccc(Br)cc3s2)cc1. The molecule has 1 aromatic heterocycles. The van der Waals surface area contributed by atoms with Gasteiger partial charge in [-0.15, -0.1) is 0 Å². The van der Waals surface area contributed by atoms with Crippen LogP contribution in [0.4, 0.5) is 5.13 Å². The van der Waals surface area contributed by atoms with E-state index in [-0.39, 0.29) is 5.91 Å². The monoisotopic (exact) mass is 447 g/mol. The molecule has 0 unspecified atom stereocenters. The molecule has 0 aliphatic heterocycles. The summed E-state index contributed by atoms with van der Waals surface area (Å²) in [5.74, 6) is 0.826. The largest absolute Gasteiger partial charge is 0.497 e. The molecule has 0 aliphatic rings. The predicted molar refractivity (Wildman–Crippen MR) is 115 cm³/mol. The number of anilines is 1. The summed E-state index contributed by atoms with van der Waals surface area (Å²) in [4.78, 5) is 21.6. The number of aromatic nitrogens is 1. The van der Waals surface area contributed by atoms with Crippen molar-refractivity contribution in [3.8, 4) is 5.75 Å². The molecule has 142 valence electrons. The van der Waals surface area contributed by atoms with Gasteiger partial charge in [-0.2, -0.15) is 0 Å². The molecule has 0 saturated carbocycles. The van der Waals surface area contributed by atoms with Crippen molar-refractivity contribution in [2.75, 3.05) is 39.2 Å². The highest BCUT2D eigenvalue weighted by Gasteiger charge is 2.20. The molecule has 0 saturated heterocycles. The van der Waals surface area contributed by atoms with Crippen molar-refractivity contribution in [1.29, 1.82) is 0 Å². The highest BCUT2D eigenvalue weighted by atomic mass is 79.9. The minimum Gasteiger partial charge on any atom is -0.497 e. The second kappa shape index (κ2) is 8.82. The summed E-state index contributed by atoms with van der Waals surface area (Å²) >= 11 is 5.04. The molecule has 0 fully saturated rings. The van der Waals surface area contributed by atoms with E-state index in [9.17, 15) is 4.79 Å². The number of amides is 1. The van der Waals surface area contributed by atoms with Crippen LogP contribution in [0.2, 0.25) is 0 Å². The summed E-state index contributed by atoms with van der Waals surface area (Å²) in [6.45, 7) is 1.37. The van der Waals surface area contributed by atoms with Crippen molar-refractivity contribution in [1.82, 2.24) is 9.88 Å². The highest BCUT2D eigenvalue weighted by molar-refractivity contribution is 9.10. The summed E-state index contributed by atoms with van der Waals surface area (Å²) in [5.41, 5.74) is 1.87. The Balaban J connectivity index is 1.85. The van der Waals surface area contributed by atoms with Gasteiger partial charge in [0.15, 0.2) is 5.13 Å². The quantitative estimate of drug-likeness (QED) is 0.544. The lowest BCUT2D eigenvalue weighted by molar-refractivity contribution is -0.118. The van der Waals surface area contributed by atoms with Crippen molar-refractivity contribution in [2.45, 2.75) is 6.42 Å². The maximum atomic E-state index is 13.1. The first kappa shape index (κ1) is 19.8. The van der Waals surface area contributed by atoms with Crippen LogP contribution in [0, 0.1) is 0 Å². The Morgan fingerprint density at radius 3 is 2.56 bits per heavy atom. The van der Waals surface area contributed by atoms with Gasteiger partial charge in [0.2, 0.25) is 5.91 Å². The number of methoxy groups -OCH3 is 1. The zero-order valence-corrected chi connectivity index (χ0v) is 18.0. The summed E-state index contributed by atoms with van der Waals surface area (Å²) in [6, 6.07) is 13.6. The van der Waals surface area contributed by atoms with E-state index in [0.717, 1.165) is 37.7 Å². The zero-order valence-electron chi connectivity index (χ0n) is 15.6. The smallest absolute Gasteiger partial charge is 0.233 e. The van der Waals surface area contributed by atoms with Crippen molar-refractivity contribution >= 4 is 48.5 Å². The molecular weight excluding hydrogens is 426 g/mol. The van der Waals surface area contributed by atoms with Gasteiger partial charge in [0.25, 0.3) is 0 Å². The predicted octanol–water partition coefficient (Wildman–Crippen LogP) is 4.20. The maximum absolute atomic E-state index is 13.1. The van der Waals surface area contributed by atoms with Gasteiger partial charge in [0, 0.05) is 17.6 Å². The second-order valence-electron chi connectivity index (χ2n) is 6.48. The van der Waals surface area contributed by atoms with E-state index >= 15 is 0 Å². The second-order valence-corrected chi connectivity index (χ2v) is 8.41. The lowest BCUT2D eigenvalue weighted by Gasteiger charge is -2.22. The van der Waals surface area contributed by atoms with Crippen LogP contribution in [0.15, 0.2) is 46.9 Å². The number of hydrogen-bond acceptors (Lipinski definition) is 5. The van der Waals surface area contributed by atoms with E-state index in [1.807, 2.05) is 56.6 Å². The Hall–Kier alpha value is -1.96. The average Bonchev–Trinajstić information content (AvgIpc) is 3.05. The number of carbonyl (C=O) groups is 1. The number of carbonyl (C=O) groups excluding carboxylic acids is 1. The third-order valence-corrected chi connectivity index (χ3v) is 5.69. The molecule has 0 N–H and O–H groups in total. The third-order valence-electron chi connectivity index (χ3n) is 4.16. The summed E-state index contributed by atoms with van der Waals surface area (Å²) in [5, 5.41) is 0.739. The van der Waals surface area contributed by atoms with Crippen molar-refractivity contribution in [2.24, 2.45) is 0 Å². The lowest BCUT2D eigenvalue weighted by Crippen LogP contribution is -2.37. The van der Waals surface area contributed by atoms with E-state index in [0.29, 0.717) is 13.0 Å². The summed E-state index contributed by atoms with van der Waals surface area (Å²) in [7, 11) is 5.64. The molecule has 1 amide bonds. The molecule has 0 spiro atoms. The normalized spacial score (nSPS) is 11.1. The fourth-order valence-corrected chi connectivity index (χ4v) is 4.20. The topological polar surface area (TPSA) is 45.7 Å². The van der Waals surface area contributed by atoms with Crippen LogP contribution in [0.3, 0.4) is 0 Å². The van der Waals surface area contributed by atoms with E-state index < -0.39 is 0 Å². The van der Waals surface area contributed by atoms with Gasteiger partial charge in [0.1, 0.15) is 5.75 Å². The van der Waals surface area contributed by atoms with Crippen LogP contribution in [0.1, 0.15) is 5.56 Å².